The standard InChI is InChI=1S/C10H14N2O2S/c1-15(13,14)8-4-5-10(9(11)6-8)12-7-2-3-7/h4-7,12H,2-3,11H2,1H3. The predicted molar refractivity (Wildman–Crippen MR) is 60.6 cm³/mol. The van der Waals surface area contributed by atoms with E-state index in [1.54, 1.807) is 12.1 Å². The minimum atomic E-state index is -3.16. The van der Waals surface area contributed by atoms with Crippen LogP contribution in [0.3, 0.4) is 0 Å². The van der Waals surface area contributed by atoms with E-state index in [4.69, 9.17) is 5.73 Å². The molecule has 0 aromatic heterocycles. The van der Waals surface area contributed by atoms with Crippen LogP contribution >= 0.6 is 0 Å². The van der Waals surface area contributed by atoms with Crippen LogP contribution in [0.15, 0.2) is 23.1 Å². The first-order chi connectivity index (χ1) is 6.97. The Hall–Kier alpha value is -1.23. The van der Waals surface area contributed by atoms with Gasteiger partial charge in [-0.2, -0.15) is 0 Å². The number of nitrogen functional groups attached to an aromatic ring is 1. The van der Waals surface area contributed by atoms with Gasteiger partial charge in [0.15, 0.2) is 9.84 Å². The lowest BCUT2D eigenvalue weighted by Crippen LogP contribution is -2.05. The fourth-order valence-electron chi connectivity index (χ4n) is 1.35. The molecule has 1 aromatic rings. The second-order valence-corrected chi connectivity index (χ2v) is 5.96. The zero-order valence-electron chi connectivity index (χ0n) is 8.53. The van der Waals surface area contributed by atoms with E-state index in [1.165, 1.54) is 12.3 Å². The van der Waals surface area contributed by atoms with Crippen LogP contribution in [0.1, 0.15) is 12.8 Å². The summed E-state index contributed by atoms with van der Waals surface area (Å²) >= 11 is 0. The summed E-state index contributed by atoms with van der Waals surface area (Å²) in [5.41, 5.74) is 7.08. The van der Waals surface area contributed by atoms with Crippen molar-refractivity contribution >= 4 is 21.2 Å². The van der Waals surface area contributed by atoms with Crippen molar-refractivity contribution in [2.75, 3.05) is 17.3 Å². The SMILES string of the molecule is CS(=O)(=O)c1ccc(NC2CC2)c(N)c1. The van der Waals surface area contributed by atoms with E-state index < -0.39 is 9.84 Å². The van der Waals surface area contributed by atoms with Crippen molar-refractivity contribution in [1.82, 2.24) is 0 Å². The molecule has 0 atom stereocenters. The summed E-state index contributed by atoms with van der Waals surface area (Å²) in [5, 5.41) is 3.24. The molecule has 0 amide bonds. The van der Waals surface area contributed by atoms with Gasteiger partial charge in [0.05, 0.1) is 16.3 Å². The summed E-state index contributed by atoms with van der Waals surface area (Å²) in [6.45, 7) is 0. The van der Waals surface area contributed by atoms with Crippen LogP contribution in [-0.2, 0) is 9.84 Å². The largest absolute Gasteiger partial charge is 0.397 e. The van der Waals surface area contributed by atoms with Crippen LogP contribution in [0.25, 0.3) is 0 Å². The van der Waals surface area contributed by atoms with Gasteiger partial charge in [0.2, 0.25) is 0 Å². The summed E-state index contributed by atoms with van der Waals surface area (Å²) < 4.78 is 22.5. The van der Waals surface area contributed by atoms with Gasteiger partial charge in [-0.3, -0.25) is 0 Å². The van der Waals surface area contributed by atoms with Gasteiger partial charge in [0, 0.05) is 12.3 Å². The number of rotatable bonds is 3. The summed E-state index contributed by atoms with van der Waals surface area (Å²) in [7, 11) is -3.16. The van der Waals surface area contributed by atoms with Gasteiger partial charge in [-0.1, -0.05) is 0 Å². The molecule has 0 heterocycles. The predicted octanol–water partition coefficient (Wildman–Crippen LogP) is 1.25. The van der Waals surface area contributed by atoms with Crippen LogP contribution < -0.4 is 11.1 Å². The normalized spacial score (nSPS) is 16.3. The third-order valence-corrected chi connectivity index (χ3v) is 3.50. The molecular weight excluding hydrogens is 212 g/mol. The summed E-state index contributed by atoms with van der Waals surface area (Å²) in [6.07, 6.45) is 3.50. The van der Waals surface area contributed by atoms with Crippen molar-refractivity contribution in [1.29, 1.82) is 0 Å². The molecule has 1 aromatic carbocycles. The summed E-state index contributed by atoms with van der Waals surface area (Å²) in [5.74, 6) is 0. The molecule has 82 valence electrons. The molecule has 1 fully saturated rings. The van der Waals surface area contributed by atoms with Crippen LogP contribution in [-0.4, -0.2) is 20.7 Å². The number of benzene rings is 1. The Labute approximate surface area is 89.4 Å². The van der Waals surface area contributed by atoms with Crippen molar-refractivity contribution in [2.24, 2.45) is 0 Å². The first-order valence-electron chi connectivity index (χ1n) is 4.83. The first kappa shape index (κ1) is 10.3. The van der Waals surface area contributed by atoms with Gasteiger partial charge in [-0.25, -0.2) is 8.42 Å². The van der Waals surface area contributed by atoms with Crippen molar-refractivity contribution in [3.63, 3.8) is 0 Å². The summed E-state index contributed by atoms with van der Waals surface area (Å²) in [6, 6.07) is 5.32. The molecule has 1 saturated carbocycles. The molecule has 0 radical (unpaired) electrons. The van der Waals surface area contributed by atoms with E-state index in [0.717, 1.165) is 18.5 Å². The molecule has 4 nitrogen and oxygen atoms in total. The molecule has 2 rings (SSSR count). The Balaban J connectivity index is 2.29. The smallest absolute Gasteiger partial charge is 0.175 e. The molecule has 5 heteroatoms. The van der Waals surface area contributed by atoms with E-state index in [2.05, 4.69) is 5.32 Å². The maximum atomic E-state index is 11.3. The lowest BCUT2D eigenvalue weighted by atomic mass is 10.2. The third-order valence-electron chi connectivity index (χ3n) is 2.39. The maximum Gasteiger partial charge on any atom is 0.175 e. The fraction of sp³-hybridized carbons (Fsp3) is 0.400. The third kappa shape index (κ3) is 2.41. The highest BCUT2D eigenvalue weighted by Crippen LogP contribution is 2.29. The number of anilines is 2. The van der Waals surface area contributed by atoms with Gasteiger partial charge in [0.1, 0.15) is 0 Å². The molecule has 0 bridgehead atoms. The maximum absolute atomic E-state index is 11.3. The summed E-state index contributed by atoms with van der Waals surface area (Å²) in [4.78, 5) is 0.265. The van der Waals surface area contributed by atoms with Crippen molar-refractivity contribution in [3.05, 3.63) is 18.2 Å². The van der Waals surface area contributed by atoms with E-state index in [1.807, 2.05) is 0 Å². The van der Waals surface area contributed by atoms with E-state index >= 15 is 0 Å². The lowest BCUT2D eigenvalue weighted by Gasteiger charge is -2.09. The fourth-order valence-corrected chi connectivity index (χ4v) is 2.01. The molecule has 1 aliphatic rings. The zero-order chi connectivity index (χ0) is 11.1. The van der Waals surface area contributed by atoms with Crippen LogP contribution in [0.4, 0.5) is 11.4 Å². The Morgan fingerprint density at radius 3 is 2.53 bits per heavy atom. The monoisotopic (exact) mass is 226 g/mol. The number of hydrogen-bond donors (Lipinski definition) is 2. The lowest BCUT2D eigenvalue weighted by molar-refractivity contribution is 0.602. The van der Waals surface area contributed by atoms with Crippen LogP contribution in [0.5, 0.6) is 0 Å². The molecule has 15 heavy (non-hydrogen) atoms. The molecule has 0 unspecified atom stereocenters. The average molecular weight is 226 g/mol. The Kier molecular flexibility index (Phi) is 2.34. The van der Waals surface area contributed by atoms with Gasteiger partial charge >= 0.3 is 0 Å². The molecule has 0 saturated heterocycles. The van der Waals surface area contributed by atoms with E-state index in [-0.39, 0.29) is 4.90 Å². The minimum Gasteiger partial charge on any atom is -0.397 e. The number of nitrogens with two attached hydrogens (primary N) is 1. The van der Waals surface area contributed by atoms with E-state index in [0.29, 0.717) is 11.7 Å². The highest BCUT2D eigenvalue weighted by Gasteiger charge is 2.21. The topological polar surface area (TPSA) is 72.2 Å². The second-order valence-electron chi connectivity index (χ2n) is 3.94. The zero-order valence-corrected chi connectivity index (χ0v) is 9.34. The Morgan fingerprint density at radius 2 is 2.07 bits per heavy atom. The van der Waals surface area contributed by atoms with Gasteiger partial charge in [-0.15, -0.1) is 0 Å². The van der Waals surface area contributed by atoms with Crippen molar-refractivity contribution < 1.29 is 8.42 Å². The molecular formula is C10H14N2O2S. The Bertz CT molecular complexity index is 478. The number of hydrogen-bond acceptors (Lipinski definition) is 4. The highest BCUT2D eigenvalue weighted by molar-refractivity contribution is 7.90. The molecule has 0 spiro atoms. The van der Waals surface area contributed by atoms with Gasteiger partial charge < -0.3 is 11.1 Å². The highest BCUT2D eigenvalue weighted by atomic mass is 32.2. The molecule has 0 aliphatic heterocycles. The van der Waals surface area contributed by atoms with Crippen LogP contribution in [0, 0.1) is 0 Å². The average Bonchev–Trinajstić information content (AvgIpc) is 2.90. The van der Waals surface area contributed by atoms with Crippen molar-refractivity contribution in [2.45, 2.75) is 23.8 Å². The molecule has 3 N–H and O–H groups in total. The minimum absolute atomic E-state index is 0.265. The van der Waals surface area contributed by atoms with E-state index in [9.17, 15) is 8.42 Å². The number of nitrogens with one attached hydrogen (secondary N) is 1. The van der Waals surface area contributed by atoms with Crippen LogP contribution in [0.2, 0.25) is 0 Å². The van der Waals surface area contributed by atoms with Gasteiger partial charge in [0.25, 0.3) is 0 Å². The first-order valence-corrected chi connectivity index (χ1v) is 6.72. The second kappa shape index (κ2) is 3.41. The van der Waals surface area contributed by atoms with Crippen molar-refractivity contribution in [3.8, 4) is 0 Å². The quantitative estimate of drug-likeness (QED) is 0.761. The Morgan fingerprint density at radius 1 is 1.40 bits per heavy atom. The van der Waals surface area contributed by atoms with Gasteiger partial charge in [-0.05, 0) is 31.0 Å². The number of sulfone groups is 1. The molecule has 1 aliphatic carbocycles.